The van der Waals surface area contributed by atoms with Gasteiger partial charge in [-0.1, -0.05) is 6.07 Å². The van der Waals surface area contributed by atoms with Crippen LogP contribution in [0.3, 0.4) is 0 Å². The molecule has 9 heteroatoms. The molecule has 2 fully saturated rings. The van der Waals surface area contributed by atoms with Crippen molar-refractivity contribution in [3.05, 3.63) is 34.9 Å². The van der Waals surface area contributed by atoms with Gasteiger partial charge in [-0.15, -0.1) is 0 Å². The third-order valence-corrected chi connectivity index (χ3v) is 5.93. The highest BCUT2D eigenvalue weighted by Gasteiger charge is 2.44. The van der Waals surface area contributed by atoms with E-state index in [4.69, 9.17) is 5.73 Å². The summed E-state index contributed by atoms with van der Waals surface area (Å²) in [6.45, 7) is 1.09. The summed E-state index contributed by atoms with van der Waals surface area (Å²) in [7, 11) is 0. The molecule has 4 atom stereocenters. The van der Waals surface area contributed by atoms with Crippen molar-refractivity contribution in [2.45, 2.75) is 50.4 Å². The van der Waals surface area contributed by atoms with E-state index < -0.39 is 35.8 Å². The maximum atomic E-state index is 12.8. The Hall–Kier alpha value is -2.62. The lowest BCUT2D eigenvalue weighted by molar-refractivity contribution is -0.136. The van der Waals surface area contributed by atoms with Crippen molar-refractivity contribution in [1.29, 1.82) is 0 Å². The molecule has 1 unspecified atom stereocenters. The second-order valence-electron chi connectivity index (χ2n) is 8.02. The zero-order valence-electron chi connectivity index (χ0n) is 15.9. The van der Waals surface area contributed by atoms with Crippen molar-refractivity contribution < 1.29 is 24.3 Å². The number of fused-ring (bicyclic) bond motifs is 1. The van der Waals surface area contributed by atoms with Crippen LogP contribution in [-0.4, -0.2) is 58.4 Å². The molecule has 0 bridgehead atoms. The monoisotopic (exact) mass is 400 g/mol. The van der Waals surface area contributed by atoms with E-state index >= 15 is 0 Å². The van der Waals surface area contributed by atoms with E-state index in [2.05, 4.69) is 10.6 Å². The van der Waals surface area contributed by atoms with Crippen LogP contribution in [0.5, 0.6) is 0 Å². The average Bonchev–Trinajstić information content (AvgIpc) is 3.12. The van der Waals surface area contributed by atoms with E-state index in [-0.39, 0.29) is 35.9 Å². The lowest BCUT2D eigenvalue weighted by atomic mass is 10.0. The average molecular weight is 400 g/mol. The summed E-state index contributed by atoms with van der Waals surface area (Å²) in [4.78, 5) is 49.9. The van der Waals surface area contributed by atoms with E-state index in [1.165, 1.54) is 0 Å². The van der Waals surface area contributed by atoms with Crippen molar-refractivity contribution >= 4 is 23.6 Å². The van der Waals surface area contributed by atoms with Crippen LogP contribution in [0.4, 0.5) is 0 Å². The molecule has 9 nitrogen and oxygen atoms in total. The minimum atomic E-state index is -0.963. The highest BCUT2D eigenvalue weighted by molar-refractivity contribution is 6.23. The number of benzene rings is 1. The molecule has 2 aliphatic heterocycles. The number of nitrogens with one attached hydrogen (secondary N) is 2. The van der Waals surface area contributed by atoms with Crippen LogP contribution in [0.15, 0.2) is 18.2 Å². The van der Waals surface area contributed by atoms with E-state index in [1.807, 2.05) is 0 Å². The summed E-state index contributed by atoms with van der Waals surface area (Å²) >= 11 is 0. The maximum Gasteiger partial charge on any atom is 0.262 e. The van der Waals surface area contributed by atoms with E-state index in [9.17, 15) is 24.3 Å². The van der Waals surface area contributed by atoms with Crippen molar-refractivity contribution in [2.24, 2.45) is 11.7 Å². The summed E-state index contributed by atoms with van der Waals surface area (Å²) in [5.41, 5.74) is 7.23. The van der Waals surface area contributed by atoms with Crippen molar-refractivity contribution in [3.8, 4) is 0 Å². The number of carbonyl (C=O) groups excluding carboxylic acids is 4. The number of piperidine rings is 1. The standard InChI is InChI=1S/C20H24N4O5/c21-12-6-11(16(25)7-12)9-22-8-10-1-2-13-14(5-10)20(29)24(19(13)28)15-3-4-17(26)23-18(15)27/h1-2,5,11-12,15-16,22,25H,3-4,6-9,21H2,(H,23,26,27)/t11-,12+,15?,16-/m1/s1. The molecular formula is C20H24N4O5. The molecule has 1 aromatic rings. The number of hydrogen-bond donors (Lipinski definition) is 4. The zero-order chi connectivity index (χ0) is 20.7. The Kier molecular flexibility index (Phi) is 5.20. The lowest BCUT2D eigenvalue weighted by Gasteiger charge is -2.27. The smallest absolute Gasteiger partial charge is 0.262 e. The maximum absolute atomic E-state index is 12.8. The molecule has 1 saturated heterocycles. The molecule has 4 rings (SSSR count). The number of nitrogens with zero attached hydrogens (tertiary/aromatic N) is 1. The summed E-state index contributed by atoms with van der Waals surface area (Å²) < 4.78 is 0. The molecule has 1 saturated carbocycles. The van der Waals surface area contributed by atoms with Crippen LogP contribution in [0.2, 0.25) is 0 Å². The van der Waals surface area contributed by atoms with Gasteiger partial charge in [0, 0.05) is 25.6 Å². The second-order valence-corrected chi connectivity index (χ2v) is 8.02. The minimum Gasteiger partial charge on any atom is -0.393 e. The molecule has 154 valence electrons. The molecule has 1 aromatic carbocycles. The molecule has 5 N–H and O–H groups in total. The number of nitrogens with two attached hydrogens (primary N) is 1. The van der Waals surface area contributed by atoms with Gasteiger partial charge in [0.25, 0.3) is 11.8 Å². The summed E-state index contributed by atoms with van der Waals surface area (Å²) in [5.74, 6) is -1.94. The van der Waals surface area contributed by atoms with Gasteiger partial charge in [-0.2, -0.15) is 0 Å². The quantitative estimate of drug-likeness (QED) is 0.478. The molecule has 0 aromatic heterocycles. The normalized spacial score (nSPS) is 29.4. The Morgan fingerprint density at radius 1 is 1.14 bits per heavy atom. The first-order valence-electron chi connectivity index (χ1n) is 9.84. The fourth-order valence-electron chi connectivity index (χ4n) is 4.39. The summed E-state index contributed by atoms with van der Waals surface area (Å²) in [5, 5.41) is 15.4. The number of hydrogen-bond acceptors (Lipinski definition) is 7. The van der Waals surface area contributed by atoms with Gasteiger partial charge >= 0.3 is 0 Å². The van der Waals surface area contributed by atoms with Crippen molar-refractivity contribution in [3.63, 3.8) is 0 Å². The minimum absolute atomic E-state index is 0.0266. The molecule has 0 spiro atoms. The Morgan fingerprint density at radius 3 is 2.59 bits per heavy atom. The molecule has 4 amide bonds. The van der Waals surface area contributed by atoms with Gasteiger partial charge in [0.1, 0.15) is 6.04 Å². The summed E-state index contributed by atoms with van der Waals surface area (Å²) in [6, 6.07) is 4.08. The number of rotatable bonds is 5. The van der Waals surface area contributed by atoms with E-state index in [1.54, 1.807) is 18.2 Å². The fraction of sp³-hybridized carbons (Fsp3) is 0.500. The number of amides is 4. The molecule has 0 radical (unpaired) electrons. The second kappa shape index (κ2) is 7.66. The topological polar surface area (TPSA) is 142 Å². The fourth-order valence-corrected chi connectivity index (χ4v) is 4.39. The van der Waals surface area contributed by atoms with E-state index in [0.29, 0.717) is 19.5 Å². The number of aliphatic hydroxyl groups excluding tert-OH is 1. The molecule has 3 aliphatic rings. The molecular weight excluding hydrogens is 376 g/mol. The van der Waals surface area contributed by atoms with Gasteiger partial charge in [0.05, 0.1) is 17.2 Å². The predicted octanol–water partition coefficient (Wildman–Crippen LogP) is -0.724. The van der Waals surface area contributed by atoms with Gasteiger partial charge < -0.3 is 16.2 Å². The third kappa shape index (κ3) is 3.68. The highest BCUT2D eigenvalue weighted by atomic mass is 16.3. The molecule has 2 heterocycles. The Labute approximate surface area is 167 Å². The number of carbonyl (C=O) groups is 4. The van der Waals surface area contributed by atoms with Gasteiger partial charge in [0.15, 0.2) is 0 Å². The predicted molar refractivity (Wildman–Crippen MR) is 102 cm³/mol. The first-order chi connectivity index (χ1) is 13.8. The number of aliphatic hydroxyl groups is 1. The SMILES string of the molecule is N[C@H]1C[C@H](CNCc2ccc3c(c2)C(=O)N(C2CCC(=O)NC2=O)C3=O)[C@H](O)C1. The van der Waals surface area contributed by atoms with Gasteiger partial charge in [-0.3, -0.25) is 29.4 Å². The van der Waals surface area contributed by atoms with Crippen LogP contribution in [0, 0.1) is 5.92 Å². The Bertz CT molecular complexity index is 886. The molecule has 29 heavy (non-hydrogen) atoms. The van der Waals surface area contributed by atoms with Crippen LogP contribution in [0.1, 0.15) is 52.0 Å². The van der Waals surface area contributed by atoms with Crippen LogP contribution < -0.4 is 16.4 Å². The zero-order valence-corrected chi connectivity index (χ0v) is 15.9. The third-order valence-electron chi connectivity index (χ3n) is 5.93. The van der Waals surface area contributed by atoms with Crippen LogP contribution in [-0.2, 0) is 16.1 Å². The first-order valence-corrected chi connectivity index (χ1v) is 9.84. The van der Waals surface area contributed by atoms with E-state index in [0.717, 1.165) is 16.9 Å². The number of imide groups is 2. The summed E-state index contributed by atoms with van der Waals surface area (Å²) in [6.07, 6.45) is 1.20. The van der Waals surface area contributed by atoms with Crippen molar-refractivity contribution in [2.75, 3.05) is 6.54 Å². The lowest BCUT2D eigenvalue weighted by Crippen LogP contribution is -2.54. The Balaban J connectivity index is 1.43. The largest absolute Gasteiger partial charge is 0.393 e. The van der Waals surface area contributed by atoms with Crippen LogP contribution in [0.25, 0.3) is 0 Å². The van der Waals surface area contributed by atoms with Gasteiger partial charge in [-0.05, 0) is 42.9 Å². The first kappa shape index (κ1) is 19.7. The van der Waals surface area contributed by atoms with Gasteiger partial charge in [0.2, 0.25) is 11.8 Å². The highest BCUT2D eigenvalue weighted by Crippen LogP contribution is 2.28. The molecule has 1 aliphatic carbocycles. The Morgan fingerprint density at radius 2 is 1.90 bits per heavy atom. The van der Waals surface area contributed by atoms with Gasteiger partial charge in [-0.25, -0.2) is 0 Å². The van der Waals surface area contributed by atoms with Crippen molar-refractivity contribution in [1.82, 2.24) is 15.5 Å². The van der Waals surface area contributed by atoms with Crippen LogP contribution >= 0.6 is 0 Å².